The first-order valence-electron chi connectivity index (χ1n) is 11.7. The molecule has 33 heavy (non-hydrogen) atoms. The molecule has 0 aliphatic heterocycles. The number of carbonyl (C=O) groups is 2. The lowest BCUT2D eigenvalue weighted by molar-refractivity contribution is -0.140. The van der Waals surface area contributed by atoms with E-state index < -0.39 is 0 Å². The summed E-state index contributed by atoms with van der Waals surface area (Å²) in [5.74, 6) is 1.62. The van der Waals surface area contributed by atoms with Crippen molar-refractivity contribution in [2.45, 2.75) is 50.9 Å². The Morgan fingerprint density at radius 2 is 1.55 bits per heavy atom. The highest BCUT2D eigenvalue weighted by molar-refractivity contribution is 5.95. The highest BCUT2D eigenvalue weighted by atomic mass is 16.5. The van der Waals surface area contributed by atoms with Gasteiger partial charge in [0, 0.05) is 30.6 Å². The number of carbonyl (C=O) groups excluding carboxylic acids is 2. The quantitative estimate of drug-likeness (QED) is 0.315. The van der Waals surface area contributed by atoms with Crippen LogP contribution in [0.5, 0.6) is 11.5 Å². The fraction of sp³-hybridized carbons (Fsp3) is 0.481. The minimum Gasteiger partial charge on any atom is -0.496 e. The smallest absolute Gasteiger partial charge is 0.305 e. The van der Waals surface area contributed by atoms with Crippen LogP contribution in [0.4, 0.5) is 0 Å². The summed E-state index contributed by atoms with van der Waals surface area (Å²) in [6, 6.07) is 14.0. The van der Waals surface area contributed by atoms with E-state index in [0.29, 0.717) is 37.4 Å². The SMILES string of the molecule is COC(=O)CCCCN(CCCc1ccccc1)C(=O)c1cc(OC)c(C2CC2)c(OC)c1. The summed E-state index contributed by atoms with van der Waals surface area (Å²) >= 11 is 0. The molecule has 1 fully saturated rings. The van der Waals surface area contributed by atoms with Crippen LogP contribution in [0.1, 0.15) is 65.9 Å². The van der Waals surface area contributed by atoms with Crippen LogP contribution < -0.4 is 9.47 Å². The number of hydrogen-bond acceptors (Lipinski definition) is 5. The molecule has 1 amide bonds. The molecule has 0 bridgehead atoms. The van der Waals surface area contributed by atoms with Gasteiger partial charge in [-0.15, -0.1) is 0 Å². The number of amides is 1. The third-order valence-electron chi connectivity index (χ3n) is 6.09. The molecule has 2 aromatic carbocycles. The van der Waals surface area contributed by atoms with E-state index in [4.69, 9.17) is 14.2 Å². The number of esters is 1. The number of aryl methyl sites for hydroxylation is 1. The third-order valence-corrected chi connectivity index (χ3v) is 6.09. The summed E-state index contributed by atoms with van der Waals surface area (Å²) < 4.78 is 16.0. The van der Waals surface area contributed by atoms with Crippen LogP contribution in [0.15, 0.2) is 42.5 Å². The van der Waals surface area contributed by atoms with Crippen molar-refractivity contribution in [1.82, 2.24) is 4.90 Å². The molecular formula is C27H35NO5. The van der Waals surface area contributed by atoms with E-state index in [1.54, 1.807) is 14.2 Å². The van der Waals surface area contributed by atoms with Gasteiger partial charge >= 0.3 is 5.97 Å². The Labute approximate surface area is 196 Å². The monoisotopic (exact) mass is 453 g/mol. The molecule has 0 aromatic heterocycles. The van der Waals surface area contributed by atoms with Gasteiger partial charge in [0.25, 0.3) is 5.91 Å². The summed E-state index contributed by atoms with van der Waals surface area (Å²) in [5.41, 5.74) is 2.89. The standard InChI is InChI=1S/C27H35NO5/c1-31-23-18-22(19-24(32-2)26(23)21-14-15-21)27(30)28(16-8-7-13-25(29)33-3)17-9-12-20-10-5-4-6-11-20/h4-6,10-11,18-19,21H,7-9,12-17H2,1-3H3. The van der Waals surface area contributed by atoms with Crippen molar-refractivity contribution < 1.29 is 23.8 Å². The number of rotatable bonds is 13. The molecule has 0 unspecified atom stereocenters. The van der Waals surface area contributed by atoms with Crippen LogP contribution in [0, 0.1) is 0 Å². The molecule has 1 saturated carbocycles. The van der Waals surface area contributed by atoms with Crippen LogP contribution in [-0.4, -0.2) is 51.2 Å². The topological polar surface area (TPSA) is 65.1 Å². The summed E-state index contributed by atoms with van der Waals surface area (Å²) in [6.45, 7) is 1.22. The van der Waals surface area contributed by atoms with Gasteiger partial charge in [-0.2, -0.15) is 0 Å². The molecule has 178 valence electrons. The molecule has 0 saturated heterocycles. The van der Waals surface area contributed by atoms with Crippen molar-refractivity contribution in [3.8, 4) is 11.5 Å². The number of benzene rings is 2. The Morgan fingerprint density at radius 3 is 2.12 bits per heavy atom. The lowest BCUT2D eigenvalue weighted by atomic mass is 10.0. The predicted molar refractivity (Wildman–Crippen MR) is 128 cm³/mol. The van der Waals surface area contributed by atoms with E-state index >= 15 is 0 Å². The van der Waals surface area contributed by atoms with E-state index in [0.717, 1.165) is 49.2 Å². The lowest BCUT2D eigenvalue weighted by Crippen LogP contribution is -2.33. The Morgan fingerprint density at radius 1 is 0.909 bits per heavy atom. The number of nitrogens with zero attached hydrogens (tertiary/aromatic N) is 1. The molecule has 0 spiro atoms. The van der Waals surface area contributed by atoms with Gasteiger partial charge in [0.15, 0.2) is 0 Å². The van der Waals surface area contributed by atoms with Gasteiger partial charge in [0.1, 0.15) is 11.5 Å². The molecular weight excluding hydrogens is 418 g/mol. The van der Waals surface area contributed by atoms with E-state index in [9.17, 15) is 9.59 Å². The van der Waals surface area contributed by atoms with Crippen LogP contribution in [-0.2, 0) is 16.0 Å². The van der Waals surface area contributed by atoms with E-state index in [1.165, 1.54) is 12.7 Å². The minimum absolute atomic E-state index is 0.0416. The number of hydrogen-bond donors (Lipinski definition) is 0. The zero-order valence-electron chi connectivity index (χ0n) is 20.0. The summed E-state index contributed by atoms with van der Waals surface area (Å²) in [7, 11) is 4.67. The Balaban J connectivity index is 1.73. The molecule has 0 N–H and O–H groups in total. The Bertz CT molecular complexity index is 898. The zero-order chi connectivity index (χ0) is 23.6. The van der Waals surface area contributed by atoms with Crippen molar-refractivity contribution >= 4 is 11.9 Å². The molecule has 6 nitrogen and oxygen atoms in total. The first kappa shape index (κ1) is 24.6. The first-order chi connectivity index (χ1) is 16.1. The van der Waals surface area contributed by atoms with Gasteiger partial charge in [-0.1, -0.05) is 30.3 Å². The van der Waals surface area contributed by atoms with Gasteiger partial charge in [-0.05, 0) is 62.1 Å². The first-order valence-corrected chi connectivity index (χ1v) is 11.7. The van der Waals surface area contributed by atoms with Gasteiger partial charge in [-0.3, -0.25) is 9.59 Å². The molecule has 0 atom stereocenters. The molecule has 0 radical (unpaired) electrons. The second-order valence-electron chi connectivity index (χ2n) is 8.48. The highest BCUT2D eigenvalue weighted by Crippen LogP contribution is 2.49. The van der Waals surface area contributed by atoms with Crippen molar-refractivity contribution in [1.29, 1.82) is 0 Å². The van der Waals surface area contributed by atoms with Gasteiger partial charge in [0.2, 0.25) is 0 Å². The van der Waals surface area contributed by atoms with Crippen molar-refractivity contribution in [3.05, 3.63) is 59.2 Å². The Hall–Kier alpha value is -3.02. The Kier molecular flexibility index (Phi) is 9.16. The van der Waals surface area contributed by atoms with E-state index in [1.807, 2.05) is 35.2 Å². The largest absolute Gasteiger partial charge is 0.496 e. The summed E-state index contributed by atoms with van der Waals surface area (Å²) in [4.78, 5) is 26.9. The number of methoxy groups -OCH3 is 3. The lowest BCUT2D eigenvalue weighted by Gasteiger charge is -2.24. The van der Waals surface area contributed by atoms with E-state index in [2.05, 4.69) is 12.1 Å². The van der Waals surface area contributed by atoms with Gasteiger partial charge in [-0.25, -0.2) is 0 Å². The second kappa shape index (κ2) is 12.3. The molecule has 2 aromatic rings. The van der Waals surface area contributed by atoms with Crippen LogP contribution in [0.3, 0.4) is 0 Å². The molecule has 6 heteroatoms. The third kappa shape index (κ3) is 6.98. The fourth-order valence-electron chi connectivity index (χ4n) is 4.13. The van der Waals surface area contributed by atoms with Gasteiger partial charge in [0.05, 0.1) is 21.3 Å². The number of ether oxygens (including phenoxy) is 3. The zero-order valence-corrected chi connectivity index (χ0v) is 20.0. The molecule has 1 aliphatic carbocycles. The van der Waals surface area contributed by atoms with E-state index in [-0.39, 0.29) is 11.9 Å². The van der Waals surface area contributed by atoms with Crippen molar-refractivity contribution in [2.24, 2.45) is 0 Å². The maximum atomic E-state index is 13.5. The maximum Gasteiger partial charge on any atom is 0.305 e. The van der Waals surface area contributed by atoms with Crippen LogP contribution >= 0.6 is 0 Å². The highest BCUT2D eigenvalue weighted by Gasteiger charge is 2.31. The summed E-state index contributed by atoms with van der Waals surface area (Å²) in [6.07, 6.45) is 5.78. The van der Waals surface area contributed by atoms with Crippen LogP contribution in [0.25, 0.3) is 0 Å². The number of unbranched alkanes of at least 4 members (excludes halogenated alkanes) is 1. The maximum absolute atomic E-state index is 13.5. The van der Waals surface area contributed by atoms with Gasteiger partial charge < -0.3 is 19.1 Å². The van der Waals surface area contributed by atoms with Crippen molar-refractivity contribution in [3.63, 3.8) is 0 Å². The second-order valence-corrected chi connectivity index (χ2v) is 8.48. The molecule has 3 rings (SSSR count). The van der Waals surface area contributed by atoms with Crippen molar-refractivity contribution in [2.75, 3.05) is 34.4 Å². The minimum atomic E-state index is -0.220. The predicted octanol–water partition coefficient (Wildman–Crippen LogP) is 5.00. The van der Waals surface area contributed by atoms with Crippen LogP contribution in [0.2, 0.25) is 0 Å². The molecule has 1 aliphatic rings. The fourth-order valence-corrected chi connectivity index (χ4v) is 4.13. The summed E-state index contributed by atoms with van der Waals surface area (Å²) in [5, 5.41) is 0. The molecule has 0 heterocycles. The average molecular weight is 454 g/mol. The average Bonchev–Trinajstić information content (AvgIpc) is 3.69. The normalized spacial score (nSPS) is 12.8.